The van der Waals surface area contributed by atoms with E-state index in [2.05, 4.69) is 15.6 Å². The Hall–Kier alpha value is -2.84. The molecule has 116 valence electrons. The lowest BCUT2D eigenvalue weighted by molar-refractivity contribution is -0.117. The molecule has 2 rings (SSSR count). The molecule has 2 aromatic rings. The molecule has 0 saturated heterocycles. The van der Waals surface area contributed by atoms with Crippen LogP contribution in [0.25, 0.3) is 0 Å². The van der Waals surface area contributed by atoms with E-state index in [1.807, 2.05) is 42.5 Å². The van der Waals surface area contributed by atoms with Crippen LogP contribution >= 0.6 is 11.6 Å². The first-order chi connectivity index (χ1) is 11.2. The van der Waals surface area contributed by atoms with Crippen molar-refractivity contribution in [2.75, 3.05) is 0 Å². The van der Waals surface area contributed by atoms with Crippen LogP contribution in [0.4, 0.5) is 0 Å². The second kappa shape index (κ2) is 8.57. The largest absolute Gasteiger partial charge is 0.384 e. The number of nitrogens with zero attached hydrogens (tertiary/aromatic N) is 2. The molecule has 1 amide bonds. The number of halogens is 1. The number of hydrogen-bond acceptors (Lipinski definition) is 4. The molecule has 0 unspecified atom stereocenters. The van der Waals surface area contributed by atoms with Gasteiger partial charge in [0, 0.05) is 24.0 Å². The van der Waals surface area contributed by atoms with Gasteiger partial charge in [0.05, 0.1) is 12.2 Å². The Morgan fingerprint density at radius 3 is 2.70 bits per heavy atom. The fraction of sp³-hybridized carbons (Fsp3) is 0.118. The molecule has 6 heteroatoms. The highest BCUT2D eigenvalue weighted by molar-refractivity contribution is 6.31. The number of amides is 1. The zero-order chi connectivity index (χ0) is 16.5. The van der Waals surface area contributed by atoms with E-state index in [-0.39, 0.29) is 12.1 Å². The Morgan fingerprint density at radius 2 is 2.00 bits per heavy atom. The van der Waals surface area contributed by atoms with Crippen molar-refractivity contribution in [3.63, 3.8) is 0 Å². The molecule has 1 aromatic carbocycles. The van der Waals surface area contributed by atoms with E-state index in [9.17, 15) is 4.79 Å². The first kappa shape index (κ1) is 16.5. The molecule has 0 aliphatic rings. The third-order valence-corrected chi connectivity index (χ3v) is 3.39. The number of nitrogens with one attached hydrogen (secondary N) is 2. The highest BCUT2D eigenvalue weighted by atomic mass is 35.5. The lowest BCUT2D eigenvalue weighted by atomic mass is 10.2. The second-order valence-electron chi connectivity index (χ2n) is 4.65. The minimum Gasteiger partial charge on any atom is -0.384 e. The normalized spacial score (nSPS) is 10.7. The minimum absolute atomic E-state index is 0.00650. The number of pyridine rings is 1. The fourth-order valence-corrected chi connectivity index (χ4v) is 2.02. The molecule has 2 N–H and O–H groups in total. The number of hydrogen-bond donors (Lipinski definition) is 2. The monoisotopic (exact) mass is 326 g/mol. The van der Waals surface area contributed by atoms with Crippen molar-refractivity contribution in [2.45, 2.75) is 13.1 Å². The van der Waals surface area contributed by atoms with E-state index in [1.165, 1.54) is 6.20 Å². The Balaban J connectivity index is 1.89. The van der Waals surface area contributed by atoms with Gasteiger partial charge >= 0.3 is 0 Å². The summed E-state index contributed by atoms with van der Waals surface area (Å²) in [4.78, 5) is 16.1. The highest BCUT2D eigenvalue weighted by Crippen LogP contribution is 2.14. The molecule has 5 nitrogen and oxygen atoms in total. The molecule has 0 aliphatic carbocycles. The SMILES string of the molecule is N#C/C(=C/NCc1ccccn1)C(=O)NCc1ccccc1Cl. The van der Waals surface area contributed by atoms with Crippen molar-refractivity contribution in [1.29, 1.82) is 5.26 Å². The standard InChI is InChI=1S/C17H15ClN4O/c18-16-7-2-1-5-13(16)11-22-17(23)14(9-19)10-20-12-15-6-3-4-8-21-15/h1-8,10,20H,11-12H2,(H,22,23)/b14-10-. The van der Waals surface area contributed by atoms with E-state index in [0.717, 1.165) is 11.3 Å². The maximum Gasteiger partial charge on any atom is 0.263 e. The zero-order valence-corrected chi connectivity index (χ0v) is 13.0. The Labute approximate surface area is 139 Å². The molecule has 0 saturated carbocycles. The average molecular weight is 327 g/mol. The molecule has 0 spiro atoms. The summed E-state index contributed by atoms with van der Waals surface area (Å²) in [6, 6.07) is 14.6. The van der Waals surface area contributed by atoms with Crippen LogP contribution in [0.3, 0.4) is 0 Å². The van der Waals surface area contributed by atoms with Gasteiger partial charge in [0.15, 0.2) is 0 Å². The molecular weight excluding hydrogens is 312 g/mol. The summed E-state index contributed by atoms with van der Waals surface area (Å²) in [7, 11) is 0. The molecule has 1 heterocycles. The van der Waals surface area contributed by atoms with Gasteiger partial charge in [-0.2, -0.15) is 5.26 Å². The fourth-order valence-electron chi connectivity index (χ4n) is 1.82. The molecule has 0 bridgehead atoms. The second-order valence-corrected chi connectivity index (χ2v) is 5.05. The van der Waals surface area contributed by atoms with Gasteiger partial charge in [-0.1, -0.05) is 35.9 Å². The van der Waals surface area contributed by atoms with Crippen molar-refractivity contribution >= 4 is 17.5 Å². The third-order valence-electron chi connectivity index (χ3n) is 3.02. The molecule has 0 radical (unpaired) electrons. The molecule has 23 heavy (non-hydrogen) atoms. The molecule has 0 fully saturated rings. The zero-order valence-electron chi connectivity index (χ0n) is 12.3. The van der Waals surface area contributed by atoms with E-state index in [0.29, 0.717) is 11.6 Å². The van der Waals surface area contributed by atoms with E-state index < -0.39 is 5.91 Å². The van der Waals surface area contributed by atoms with E-state index in [1.54, 1.807) is 12.3 Å². The van der Waals surface area contributed by atoms with Crippen LogP contribution in [-0.2, 0) is 17.9 Å². The summed E-state index contributed by atoms with van der Waals surface area (Å²) in [5.74, 6) is -0.457. The van der Waals surface area contributed by atoms with Gasteiger partial charge in [0.1, 0.15) is 11.6 Å². The molecule has 0 atom stereocenters. The summed E-state index contributed by atoms with van der Waals surface area (Å²) in [5, 5.41) is 15.2. The molecule has 0 aliphatic heterocycles. The predicted molar refractivity (Wildman–Crippen MR) is 88.1 cm³/mol. The van der Waals surface area contributed by atoms with Crippen LogP contribution in [0, 0.1) is 11.3 Å². The van der Waals surface area contributed by atoms with Crippen LogP contribution in [0.1, 0.15) is 11.3 Å². The first-order valence-corrected chi connectivity index (χ1v) is 7.33. The number of nitriles is 1. The quantitative estimate of drug-likeness (QED) is 0.631. The minimum atomic E-state index is -0.457. The highest BCUT2D eigenvalue weighted by Gasteiger charge is 2.09. The van der Waals surface area contributed by atoms with Crippen molar-refractivity contribution in [3.05, 3.63) is 76.7 Å². The lowest BCUT2D eigenvalue weighted by Crippen LogP contribution is -2.25. The topological polar surface area (TPSA) is 77.8 Å². The Kier molecular flexibility index (Phi) is 6.16. The summed E-state index contributed by atoms with van der Waals surface area (Å²) >= 11 is 6.02. The molecular formula is C17H15ClN4O. The van der Waals surface area contributed by atoms with Crippen molar-refractivity contribution in [1.82, 2.24) is 15.6 Å². The van der Waals surface area contributed by atoms with Gasteiger partial charge in [-0.15, -0.1) is 0 Å². The van der Waals surface area contributed by atoms with Gasteiger partial charge in [-0.05, 0) is 23.8 Å². The number of aromatic nitrogens is 1. The summed E-state index contributed by atoms with van der Waals surface area (Å²) < 4.78 is 0. The van der Waals surface area contributed by atoms with Crippen LogP contribution in [0.15, 0.2) is 60.4 Å². The van der Waals surface area contributed by atoms with Crippen molar-refractivity contribution in [2.24, 2.45) is 0 Å². The number of carbonyl (C=O) groups excluding carboxylic acids is 1. The van der Waals surface area contributed by atoms with Crippen LogP contribution in [0.5, 0.6) is 0 Å². The maximum absolute atomic E-state index is 12.0. The van der Waals surface area contributed by atoms with Gasteiger partial charge < -0.3 is 10.6 Å². The van der Waals surface area contributed by atoms with Gasteiger partial charge in [0.25, 0.3) is 5.91 Å². The van der Waals surface area contributed by atoms with Crippen molar-refractivity contribution < 1.29 is 4.79 Å². The summed E-state index contributed by atoms with van der Waals surface area (Å²) in [6.07, 6.45) is 3.07. The third kappa shape index (κ3) is 5.13. The van der Waals surface area contributed by atoms with Crippen LogP contribution < -0.4 is 10.6 Å². The Bertz CT molecular complexity index is 738. The number of rotatable bonds is 6. The summed E-state index contributed by atoms with van der Waals surface area (Å²) in [6.45, 7) is 0.696. The lowest BCUT2D eigenvalue weighted by Gasteiger charge is -2.06. The number of carbonyl (C=O) groups is 1. The average Bonchev–Trinajstić information content (AvgIpc) is 2.59. The molecule has 1 aromatic heterocycles. The van der Waals surface area contributed by atoms with Crippen LogP contribution in [0.2, 0.25) is 5.02 Å². The first-order valence-electron chi connectivity index (χ1n) is 6.96. The van der Waals surface area contributed by atoms with Gasteiger partial charge in [-0.25, -0.2) is 0 Å². The Morgan fingerprint density at radius 1 is 1.22 bits per heavy atom. The van der Waals surface area contributed by atoms with Gasteiger partial charge in [-0.3, -0.25) is 9.78 Å². The number of benzene rings is 1. The maximum atomic E-state index is 12.0. The van der Waals surface area contributed by atoms with E-state index in [4.69, 9.17) is 16.9 Å². The van der Waals surface area contributed by atoms with E-state index >= 15 is 0 Å². The van der Waals surface area contributed by atoms with Crippen LogP contribution in [-0.4, -0.2) is 10.9 Å². The summed E-state index contributed by atoms with van der Waals surface area (Å²) in [5.41, 5.74) is 1.60. The van der Waals surface area contributed by atoms with Gasteiger partial charge in [0.2, 0.25) is 0 Å². The predicted octanol–water partition coefficient (Wildman–Crippen LogP) is 2.55. The smallest absolute Gasteiger partial charge is 0.263 e. The van der Waals surface area contributed by atoms with Crippen molar-refractivity contribution in [3.8, 4) is 6.07 Å².